The third-order valence-corrected chi connectivity index (χ3v) is 4.91. The molecule has 0 saturated carbocycles. The number of anilines is 2. The van der Waals surface area contributed by atoms with Crippen LogP contribution < -0.4 is 32.1 Å². The zero-order valence-electron chi connectivity index (χ0n) is 16.2. The predicted octanol–water partition coefficient (Wildman–Crippen LogP) is 1.64. The first-order valence-electron chi connectivity index (χ1n) is 9.62. The Kier molecular flexibility index (Phi) is 6.67. The Labute approximate surface area is 170 Å². The molecule has 1 fully saturated rings. The smallest absolute Gasteiger partial charge is 0.255 e. The number of benzene rings is 2. The van der Waals surface area contributed by atoms with Crippen LogP contribution in [0.1, 0.15) is 28.8 Å². The second-order valence-corrected chi connectivity index (χ2v) is 6.91. The minimum atomic E-state index is -0.240. The number of nitriles is 1. The summed E-state index contributed by atoms with van der Waals surface area (Å²) in [4.78, 5) is 12.7. The first-order valence-corrected chi connectivity index (χ1v) is 9.62. The minimum Gasteiger partial charge on any atom is -0.404 e. The van der Waals surface area contributed by atoms with Crippen molar-refractivity contribution in [1.82, 2.24) is 5.32 Å². The summed E-state index contributed by atoms with van der Waals surface area (Å²) in [5, 5.41) is 20.5. The second kappa shape index (κ2) is 9.58. The molecule has 0 unspecified atom stereocenters. The lowest BCUT2D eigenvalue weighted by Crippen LogP contribution is -2.38. The van der Waals surface area contributed by atoms with Crippen molar-refractivity contribution in [3.05, 3.63) is 70.6 Å². The maximum atomic E-state index is 12.7. The molecule has 1 aliphatic heterocycles. The third kappa shape index (κ3) is 5.03. The van der Waals surface area contributed by atoms with E-state index in [2.05, 4.69) is 22.5 Å². The minimum absolute atomic E-state index is 0.240. The van der Waals surface area contributed by atoms with E-state index >= 15 is 0 Å². The number of hydrogen-bond donors (Lipinski definition) is 4. The molecule has 0 radical (unpaired) electrons. The fraction of sp³-hybridized carbons (Fsp3) is 0.217. The molecular weight excluding hydrogens is 362 g/mol. The van der Waals surface area contributed by atoms with E-state index in [0.717, 1.165) is 42.1 Å². The Morgan fingerprint density at radius 3 is 2.59 bits per heavy atom. The summed E-state index contributed by atoms with van der Waals surface area (Å²) in [7, 11) is 0. The van der Waals surface area contributed by atoms with Crippen LogP contribution in [0.3, 0.4) is 0 Å². The van der Waals surface area contributed by atoms with Gasteiger partial charge in [-0.25, -0.2) is 0 Å². The molecule has 0 spiro atoms. The van der Waals surface area contributed by atoms with Crippen LogP contribution in [0.15, 0.2) is 49.1 Å². The second-order valence-electron chi connectivity index (χ2n) is 6.91. The van der Waals surface area contributed by atoms with Gasteiger partial charge in [0.05, 0.1) is 11.6 Å². The number of carbonyl (C=O) groups excluding carboxylic acids is 1. The SMILES string of the molecule is C=C/C=c1/cc(NC(=O)c2ccc(C#N)cc2)cc(NC2CCNCC2)/c1=C/N. The number of amides is 1. The molecule has 2 aromatic rings. The standard InChI is InChI=1S/C23H25N5O/c1-2-3-18-12-20(28-23(29)17-6-4-16(14-24)5-7-17)13-22(21(18)15-25)27-19-8-10-26-11-9-19/h2-7,12-13,15,19,26-27H,1,8-11,25H2,(H,28,29)/b18-3-,21-15+. The van der Waals surface area contributed by atoms with Gasteiger partial charge in [-0.1, -0.05) is 18.7 Å². The molecule has 5 N–H and O–H groups in total. The maximum Gasteiger partial charge on any atom is 0.255 e. The van der Waals surface area contributed by atoms with Crippen LogP contribution in [-0.4, -0.2) is 25.0 Å². The summed E-state index contributed by atoms with van der Waals surface area (Å²) in [5.41, 5.74) is 8.45. The van der Waals surface area contributed by atoms with Gasteiger partial charge in [-0.05, 0) is 67.5 Å². The highest BCUT2D eigenvalue weighted by molar-refractivity contribution is 6.04. The highest BCUT2D eigenvalue weighted by Gasteiger charge is 2.14. The summed E-state index contributed by atoms with van der Waals surface area (Å²) in [6, 6.07) is 12.7. The lowest BCUT2D eigenvalue weighted by Gasteiger charge is -2.25. The van der Waals surface area contributed by atoms with Crippen LogP contribution in [0.4, 0.5) is 11.4 Å². The van der Waals surface area contributed by atoms with E-state index in [-0.39, 0.29) is 5.91 Å². The van der Waals surface area contributed by atoms with Crippen molar-refractivity contribution in [3.8, 4) is 6.07 Å². The van der Waals surface area contributed by atoms with Crippen LogP contribution >= 0.6 is 0 Å². The fourth-order valence-corrected chi connectivity index (χ4v) is 3.40. The van der Waals surface area contributed by atoms with Gasteiger partial charge in [0.25, 0.3) is 5.91 Å². The molecule has 0 aromatic heterocycles. The molecule has 2 aromatic carbocycles. The fourth-order valence-electron chi connectivity index (χ4n) is 3.40. The van der Waals surface area contributed by atoms with Crippen LogP contribution in [-0.2, 0) is 0 Å². The number of allylic oxidation sites excluding steroid dienone is 1. The lowest BCUT2D eigenvalue weighted by atomic mass is 10.1. The van der Waals surface area contributed by atoms with Crippen LogP contribution in [0.2, 0.25) is 0 Å². The van der Waals surface area contributed by atoms with Gasteiger partial charge < -0.3 is 21.7 Å². The molecule has 6 heteroatoms. The lowest BCUT2D eigenvalue weighted by molar-refractivity contribution is 0.102. The van der Waals surface area contributed by atoms with Crippen molar-refractivity contribution in [2.75, 3.05) is 23.7 Å². The molecule has 0 atom stereocenters. The van der Waals surface area contributed by atoms with Crippen molar-refractivity contribution in [2.24, 2.45) is 5.73 Å². The highest BCUT2D eigenvalue weighted by atomic mass is 16.1. The summed E-state index contributed by atoms with van der Waals surface area (Å²) in [5.74, 6) is -0.240. The van der Waals surface area contributed by atoms with E-state index in [1.54, 1.807) is 36.5 Å². The maximum absolute atomic E-state index is 12.7. The third-order valence-electron chi connectivity index (χ3n) is 4.91. The van der Waals surface area contributed by atoms with E-state index in [1.807, 2.05) is 24.3 Å². The van der Waals surface area contributed by atoms with Crippen LogP contribution in [0, 0.1) is 11.3 Å². The average Bonchev–Trinajstić information content (AvgIpc) is 2.75. The molecule has 1 amide bonds. The van der Waals surface area contributed by atoms with Crippen molar-refractivity contribution in [3.63, 3.8) is 0 Å². The van der Waals surface area contributed by atoms with Gasteiger partial charge in [-0.3, -0.25) is 4.79 Å². The Bertz CT molecular complexity index is 1040. The molecule has 148 valence electrons. The summed E-state index contributed by atoms with van der Waals surface area (Å²) >= 11 is 0. The summed E-state index contributed by atoms with van der Waals surface area (Å²) in [6.45, 7) is 5.72. The van der Waals surface area contributed by atoms with Gasteiger partial charge in [-0.15, -0.1) is 0 Å². The number of hydrogen-bond acceptors (Lipinski definition) is 5. The van der Waals surface area contributed by atoms with Crippen molar-refractivity contribution in [2.45, 2.75) is 18.9 Å². The average molecular weight is 387 g/mol. The number of carbonyl (C=O) groups is 1. The molecule has 0 aliphatic carbocycles. The molecular formula is C23H25N5O. The number of rotatable bonds is 5. The van der Waals surface area contributed by atoms with Crippen molar-refractivity contribution < 1.29 is 4.79 Å². The molecule has 1 heterocycles. The van der Waals surface area contributed by atoms with E-state index in [4.69, 9.17) is 11.0 Å². The molecule has 29 heavy (non-hydrogen) atoms. The number of piperidine rings is 1. The van der Waals surface area contributed by atoms with Gasteiger partial charge in [0.2, 0.25) is 0 Å². The Balaban J connectivity index is 1.93. The molecule has 3 rings (SSSR count). The van der Waals surface area contributed by atoms with Gasteiger partial charge >= 0.3 is 0 Å². The van der Waals surface area contributed by atoms with E-state index in [0.29, 0.717) is 22.9 Å². The largest absolute Gasteiger partial charge is 0.404 e. The molecule has 6 nitrogen and oxygen atoms in total. The van der Waals surface area contributed by atoms with Gasteiger partial charge in [0.1, 0.15) is 0 Å². The van der Waals surface area contributed by atoms with Crippen LogP contribution in [0.5, 0.6) is 0 Å². The van der Waals surface area contributed by atoms with Crippen LogP contribution in [0.25, 0.3) is 12.3 Å². The summed E-state index contributed by atoms with van der Waals surface area (Å²) in [6.07, 6.45) is 7.18. The van der Waals surface area contributed by atoms with Crippen molar-refractivity contribution in [1.29, 1.82) is 5.26 Å². The topological polar surface area (TPSA) is 103 Å². The Hall–Kier alpha value is -3.56. The number of nitrogens with two attached hydrogens (primary N) is 1. The molecule has 1 aliphatic rings. The van der Waals surface area contributed by atoms with Crippen molar-refractivity contribution >= 4 is 29.6 Å². The van der Waals surface area contributed by atoms with Gasteiger partial charge in [-0.2, -0.15) is 5.26 Å². The Morgan fingerprint density at radius 1 is 1.24 bits per heavy atom. The van der Waals surface area contributed by atoms with E-state index < -0.39 is 0 Å². The molecule has 0 bridgehead atoms. The first kappa shape index (κ1) is 20.2. The first-order chi connectivity index (χ1) is 14.1. The van der Waals surface area contributed by atoms with Gasteiger partial charge in [0.15, 0.2) is 0 Å². The zero-order chi connectivity index (χ0) is 20.6. The zero-order valence-corrected chi connectivity index (χ0v) is 16.2. The molecule has 1 saturated heterocycles. The van der Waals surface area contributed by atoms with Gasteiger partial charge in [0, 0.05) is 34.4 Å². The Morgan fingerprint density at radius 2 is 1.97 bits per heavy atom. The number of nitrogens with zero attached hydrogens (tertiary/aromatic N) is 1. The van der Waals surface area contributed by atoms with E-state index in [1.165, 1.54) is 0 Å². The van der Waals surface area contributed by atoms with E-state index in [9.17, 15) is 4.79 Å². The highest BCUT2D eigenvalue weighted by Crippen LogP contribution is 2.15. The normalized spacial score (nSPS) is 15.6. The monoisotopic (exact) mass is 387 g/mol. The quantitative estimate of drug-likeness (QED) is 0.625. The predicted molar refractivity (Wildman–Crippen MR) is 118 cm³/mol. The number of nitrogens with one attached hydrogen (secondary N) is 3. The summed E-state index contributed by atoms with van der Waals surface area (Å²) < 4.78 is 0.